The van der Waals surface area contributed by atoms with Gasteiger partial charge >= 0.3 is 0 Å². The molecular weight excluding hydrogens is 244 g/mol. The molecule has 1 fully saturated rings. The summed E-state index contributed by atoms with van der Waals surface area (Å²) in [5.74, 6) is 0.261. The van der Waals surface area contributed by atoms with Crippen LogP contribution in [0.2, 0.25) is 5.02 Å². The minimum atomic E-state index is -0.120. The number of rotatable bonds is 4. The van der Waals surface area contributed by atoms with Crippen LogP contribution in [0, 0.1) is 0 Å². The molecular formula is C10H11ClN4O2. The van der Waals surface area contributed by atoms with E-state index >= 15 is 0 Å². The summed E-state index contributed by atoms with van der Waals surface area (Å²) in [6, 6.07) is 0. The van der Waals surface area contributed by atoms with E-state index in [1.165, 1.54) is 17.4 Å². The predicted molar refractivity (Wildman–Crippen MR) is 61.5 cm³/mol. The minimum absolute atomic E-state index is 0.120. The number of likely N-dealkylation sites (tertiary alicyclic amines) is 1. The van der Waals surface area contributed by atoms with E-state index in [2.05, 4.69) is 15.3 Å². The molecule has 0 aliphatic carbocycles. The molecule has 0 aromatic carbocycles. The fraction of sp³-hybridized carbons (Fsp3) is 0.400. The number of nitrogens with one attached hydrogen (secondary N) is 1. The Bertz CT molecular complexity index is 436. The Balaban J connectivity index is 1.86. The first-order chi connectivity index (χ1) is 8.18. The van der Waals surface area contributed by atoms with E-state index in [1.807, 2.05) is 0 Å². The van der Waals surface area contributed by atoms with Crippen LogP contribution in [0.15, 0.2) is 12.5 Å². The second-order valence-corrected chi connectivity index (χ2v) is 3.99. The Morgan fingerprint density at radius 2 is 2.06 bits per heavy atom. The van der Waals surface area contributed by atoms with Gasteiger partial charge in [-0.25, -0.2) is 9.97 Å². The number of aromatic nitrogens is 2. The quantitative estimate of drug-likeness (QED) is 0.800. The number of hydrogen-bond acceptors (Lipinski definition) is 5. The maximum atomic E-state index is 11.3. The van der Waals surface area contributed by atoms with E-state index in [0.717, 1.165) is 0 Å². The van der Waals surface area contributed by atoms with Crippen molar-refractivity contribution >= 4 is 29.2 Å². The number of nitrogens with zero attached hydrogens (tertiary/aromatic N) is 3. The van der Waals surface area contributed by atoms with Gasteiger partial charge in [-0.15, -0.1) is 0 Å². The molecule has 17 heavy (non-hydrogen) atoms. The standard InChI is InChI=1S/C10H11ClN4O2/c11-7-5-12-6-14-10(7)13-3-4-15-8(16)1-2-9(15)17/h5-6H,1-4H2,(H,12,13,14). The molecule has 6 nitrogen and oxygen atoms in total. The van der Waals surface area contributed by atoms with Crippen molar-refractivity contribution in [1.82, 2.24) is 14.9 Å². The maximum absolute atomic E-state index is 11.3. The van der Waals surface area contributed by atoms with Crippen LogP contribution in [0.5, 0.6) is 0 Å². The first-order valence-corrected chi connectivity index (χ1v) is 5.59. The molecule has 90 valence electrons. The van der Waals surface area contributed by atoms with Gasteiger partial charge in [0, 0.05) is 25.9 Å². The topological polar surface area (TPSA) is 75.2 Å². The van der Waals surface area contributed by atoms with Gasteiger partial charge in [0.2, 0.25) is 11.8 Å². The normalized spacial score (nSPS) is 15.5. The van der Waals surface area contributed by atoms with E-state index in [9.17, 15) is 9.59 Å². The van der Waals surface area contributed by atoms with Crippen molar-refractivity contribution in [3.63, 3.8) is 0 Å². The summed E-state index contributed by atoms with van der Waals surface area (Å²) in [6.45, 7) is 0.756. The van der Waals surface area contributed by atoms with E-state index in [4.69, 9.17) is 11.6 Å². The molecule has 2 rings (SSSR count). The summed E-state index contributed by atoms with van der Waals surface area (Å²) in [4.78, 5) is 31.6. The Kier molecular flexibility index (Phi) is 3.53. The smallest absolute Gasteiger partial charge is 0.229 e. The van der Waals surface area contributed by atoms with Gasteiger partial charge in [0.25, 0.3) is 0 Å². The molecule has 1 aromatic rings. The van der Waals surface area contributed by atoms with Gasteiger partial charge in [-0.05, 0) is 0 Å². The molecule has 1 saturated heterocycles. The summed E-state index contributed by atoms with van der Waals surface area (Å²) in [7, 11) is 0. The average Bonchev–Trinajstić information content (AvgIpc) is 2.63. The van der Waals surface area contributed by atoms with Crippen molar-refractivity contribution in [3.8, 4) is 0 Å². The molecule has 0 radical (unpaired) electrons. The number of imide groups is 1. The summed E-state index contributed by atoms with van der Waals surface area (Å²) < 4.78 is 0. The van der Waals surface area contributed by atoms with E-state index in [0.29, 0.717) is 36.8 Å². The molecule has 0 bridgehead atoms. The molecule has 0 atom stereocenters. The van der Waals surface area contributed by atoms with Crippen molar-refractivity contribution in [3.05, 3.63) is 17.5 Å². The lowest BCUT2D eigenvalue weighted by Crippen LogP contribution is -2.33. The first kappa shape index (κ1) is 11.8. The van der Waals surface area contributed by atoms with Crippen LogP contribution in [0.1, 0.15) is 12.8 Å². The van der Waals surface area contributed by atoms with Gasteiger partial charge in [-0.2, -0.15) is 0 Å². The van der Waals surface area contributed by atoms with Crippen molar-refractivity contribution < 1.29 is 9.59 Å². The van der Waals surface area contributed by atoms with Gasteiger partial charge in [-0.1, -0.05) is 11.6 Å². The fourth-order valence-electron chi connectivity index (χ4n) is 1.60. The zero-order chi connectivity index (χ0) is 12.3. The molecule has 1 N–H and O–H groups in total. The summed E-state index contributed by atoms with van der Waals surface area (Å²) in [5, 5.41) is 3.36. The zero-order valence-electron chi connectivity index (χ0n) is 9.02. The van der Waals surface area contributed by atoms with E-state index < -0.39 is 0 Å². The number of amides is 2. The highest BCUT2D eigenvalue weighted by atomic mass is 35.5. The van der Waals surface area contributed by atoms with Gasteiger partial charge in [0.05, 0.1) is 6.20 Å². The highest BCUT2D eigenvalue weighted by molar-refractivity contribution is 6.32. The second-order valence-electron chi connectivity index (χ2n) is 3.59. The Morgan fingerprint density at radius 1 is 1.35 bits per heavy atom. The van der Waals surface area contributed by atoms with Crippen molar-refractivity contribution in [1.29, 1.82) is 0 Å². The number of hydrogen-bond donors (Lipinski definition) is 1. The van der Waals surface area contributed by atoms with Crippen LogP contribution in [0.25, 0.3) is 0 Å². The lowest BCUT2D eigenvalue weighted by Gasteiger charge is -2.14. The number of halogens is 1. The molecule has 0 spiro atoms. The van der Waals surface area contributed by atoms with E-state index in [-0.39, 0.29) is 11.8 Å². The largest absolute Gasteiger partial charge is 0.367 e. The van der Waals surface area contributed by atoms with Crippen molar-refractivity contribution in [2.45, 2.75) is 12.8 Å². The first-order valence-electron chi connectivity index (χ1n) is 5.21. The van der Waals surface area contributed by atoms with Crippen LogP contribution in [-0.4, -0.2) is 39.8 Å². The fourth-order valence-corrected chi connectivity index (χ4v) is 1.77. The number of anilines is 1. The molecule has 2 amide bonds. The number of carbonyl (C=O) groups excluding carboxylic acids is 2. The minimum Gasteiger partial charge on any atom is -0.367 e. The molecule has 2 heterocycles. The van der Waals surface area contributed by atoms with Gasteiger partial charge < -0.3 is 5.32 Å². The van der Waals surface area contributed by atoms with E-state index in [1.54, 1.807) is 0 Å². The zero-order valence-corrected chi connectivity index (χ0v) is 9.78. The lowest BCUT2D eigenvalue weighted by atomic mass is 10.4. The maximum Gasteiger partial charge on any atom is 0.229 e. The van der Waals surface area contributed by atoms with Crippen LogP contribution in [-0.2, 0) is 9.59 Å². The van der Waals surface area contributed by atoms with Crippen LogP contribution >= 0.6 is 11.6 Å². The molecule has 1 aliphatic rings. The van der Waals surface area contributed by atoms with Gasteiger partial charge in [-0.3, -0.25) is 14.5 Å². The molecule has 7 heteroatoms. The highest BCUT2D eigenvalue weighted by Crippen LogP contribution is 2.16. The summed E-state index contributed by atoms with van der Waals surface area (Å²) in [6.07, 6.45) is 3.48. The van der Waals surface area contributed by atoms with Crippen molar-refractivity contribution in [2.75, 3.05) is 18.4 Å². The SMILES string of the molecule is O=C1CCC(=O)N1CCNc1ncncc1Cl. The Labute approximate surface area is 103 Å². The highest BCUT2D eigenvalue weighted by Gasteiger charge is 2.27. The summed E-state index contributed by atoms with van der Waals surface area (Å²) in [5.41, 5.74) is 0. The average molecular weight is 255 g/mol. The molecule has 1 aliphatic heterocycles. The second kappa shape index (κ2) is 5.09. The lowest BCUT2D eigenvalue weighted by molar-refractivity contribution is -0.138. The third-order valence-corrected chi connectivity index (χ3v) is 2.73. The summed E-state index contributed by atoms with van der Waals surface area (Å²) >= 11 is 5.84. The van der Waals surface area contributed by atoms with Crippen LogP contribution < -0.4 is 5.32 Å². The molecule has 0 saturated carbocycles. The van der Waals surface area contributed by atoms with Crippen LogP contribution in [0.4, 0.5) is 5.82 Å². The van der Waals surface area contributed by atoms with Crippen molar-refractivity contribution in [2.24, 2.45) is 0 Å². The third-order valence-electron chi connectivity index (χ3n) is 2.45. The number of carbonyl (C=O) groups is 2. The predicted octanol–water partition coefficient (Wildman–Crippen LogP) is 0.691. The Hall–Kier alpha value is -1.69. The monoisotopic (exact) mass is 254 g/mol. The van der Waals surface area contributed by atoms with Crippen LogP contribution in [0.3, 0.4) is 0 Å². The molecule has 0 unspecified atom stereocenters. The van der Waals surface area contributed by atoms with Gasteiger partial charge in [0.15, 0.2) is 0 Å². The molecule has 1 aromatic heterocycles. The van der Waals surface area contributed by atoms with Gasteiger partial charge in [0.1, 0.15) is 17.2 Å². The Morgan fingerprint density at radius 3 is 2.71 bits per heavy atom. The third kappa shape index (κ3) is 2.71.